The highest BCUT2D eigenvalue weighted by molar-refractivity contribution is 5.98. The lowest BCUT2D eigenvalue weighted by Gasteiger charge is -2.14. The average molecular weight is 422 g/mol. The van der Waals surface area contributed by atoms with Gasteiger partial charge in [-0.1, -0.05) is 30.3 Å². The van der Waals surface area contributed by atoms with Crippen molar-refractivity contribution >= 4 is 5.78 Å². The van der Waals surface area contributed by atoms with Gasteiger partial charge in [0.25, 0.3) is 0 Å². The molecule has 0 saturated heterocycles. The molecule has 0 fully saturated rings. The molecule has 0 aliphatic carbocycles. The van der Waals surface area contributed by atoms with Gasteiger partial charge in [0.1, 0.15) is 6.61 Å². The molecule has 6 heteroatoms. The van der Waals surface area contributed by atoms with Crippen LogP contribution >= 0.6 is 0 Å². The number of hydrogen-bond acceptors (Lipinski definition) is 6. The second-order valence-corrected chi connectivity index (χ2v) is 6.77. The third kappa shape index (κ3) is 5.28. The number of ether oxygens (including phenoxy) is 5. The van der Waals surface area contributed by atoms with Crippen LogP contribution < -0.4 is 23.7 Å². The predicted molar refractivity (Wildman–Crippen MR) is 118 cm³/mol. The van der Waals surface area contributed by atoms with E-state index in [0.717, 1.165) is 11.1 Å². The topological polar surface area (TPSA) is 63.2 Å². The summed E-state index contributed by atoms with van der Waals surface area (Å²) in [5.74, 6) is 2.52. The van der Waals surface area contributed by atoms with Crippen molar-refractivity contribution in [1.82, 2.24) is 0 Å². The van der Waals surface area contributed by atoms with Crippen LogP contribution in [0.2, 0.25) is 0 Å². The molecule has 3 aromatic carbocycles. The van der Waals surface area contributed by atoms with Gasteiger partial charge in [0.05, 0.1) is 28.4 Å². The molecular formula is C25H26O6. The van der Waals surface area contributed by atoms with Crippen molar-refractivity contribution in [2.75, 3.05) is 28.4 Å². The number of carbonyl (C=O) groups excluding carboxylic acids is 1. The van der Waals surface area contributed by atoms with Gasteiger partial charge in [0.15, 0.2) is 28.8 Å². The van der Waals surface area contributed by atoms with Gasteiger partial charge >= 0.3 is 0 Å². The van der Waals surface area contributed by atoms with Crippen molar-refractivity contribution in [2.24, 2.45) is 0 Å². The first-order chi connectivity index (χ1) is 15.1. The summed E-state index contributed by atoms with van der Waals surface area (Å²) in [4.78, 5) is 12.9. The molecule has 0 atom stereocenters. The smallest absolute Gasteiger partial charge is 0.203 e. The van der Waals surface area contributed by atoms with E-state index in [1.807, 2.05) is 30.3 Å². The summed E-state index contributed by atoms with van der Waals surface area (Å²) in [6.07, 6.45) is 0.171. The predicted octanol–water partition coefficient (Wildman–Crippen LogP) is 4.73. The molecule has 0 radical (unpaired) electrons. The molecule has 0 amide bonds. The summed E-state index contributed by atoms with van der Waals surface area (Å²) in [5, 5.41) is 0. The number of carbonyl (C=O) groups is 1. The van der Waals surface area contributed by atoms with E-state index < -0.39 is 0 Å². The molecule has 0 unspecified atom stereocenters. The quantitative estimate of drug-likeness (QED) is 0.441. The number of hydrogen-bond donors (Lipinski definition) is 0. The van der Waals surface area contributed by atoms with Crippen LogP contribution in [0.25, 0.3) is 0 Å². The summed E-state index contributed by atoms with van der Waals surface area (Å²) in [5.41, 5.74) is 2.33. The van der Waals surface area contributed by atoms with E-state index in [2.05, 4.69) is 0 Å². The first-order valence-electron chi connectivity index (χ1n) is 9.76. The van der Waals surface area contributed by atoms with Crippen molar-refractivity contribution in [3.8, 4) is 28.7 Å². The van der Waals surface area contributed by atoms with E-state index in [9.17, 15) is 4.79 Å². The Morgan fingerprint density at radius 1 is 0.677 bits per heavy atom. The largest absolute Gasteiger partial charge is 0.493 e. The average Bonchev–Trinajstić information content (AvgIpc) is 2.82. The molecule has 6 nitrogen and oxygen atoms in total. The summed E-state index contributed by atoms with van der Waals surface area (Å²) in [7, 11) is 6.18. The monoisotopic (exact) mass is 422 g/mol. The minimum Gasteiger partial charge on any atom is -0.493 e. The minimum atomic E-state index is -0.0674. The van der Waals surface area contributed by atoms with Crippen molar-refractivity contribution in [1.29, 1.82) is 0 Å². The van der Waals surface area contributed by atoms with Crippen LogP contribution in [0, 0.1) is 0 Å². The minimum absolute atomic E-state index is 0.0674. The van der Waals surface area contributed by atoms with E-state index in [0.29, 0.717) is 40.9 Å². The number of methoxy groups -OCH3 is 4. The lowest BCUT2D eigenvalue weighted by Crippen LogP contribution is -2.06. The molecule has 162 valence electrons. The Bertz CT molecular complexity index is 1000. The SMILES string of the molecule is COc1cc(C(=O)Cc2cc(OC)c(OC)c(OC)c2)ccc1OCc1ccccc1. The number of ketones is 1. The van der Waals surface area contributed by atoms with E-state index in [1.165, 1.54) is 0 Å². The molecule has 0 spiro atoms. The van der Waals surface area contributed by atoms with Crippen LogP contribution in [0.5, 0.6) is 28.7 Å². The van der Waals surface area contributed by atoms with E-state index >= 15 is 0 Å². The zero-order chi connectivity index (χ0) is 22.2. The molecule has 0 saturated carbocycles. The maximum absolute atomic E-state index is 12.9. The van der Waals surface area contributed by atoms with Gasteiger partial charge in [-0.05, 0) is 41.5 Å². The molecule has 0 aliphatic heterocycles. The zero-order valence-corrected chi connectivity index (χ0v) is 18.1. The van der Waals surface area contributed by atoms with Crippen LogP contribution in [0.4, 0.5) is 0 Å². The van der Waals surface area contributed by atoms with Gasteiger partial charge in [0.2, 0.25) is 5.75 Å². The third-order valence-corrected chi connectivity index (χ3v) is 4.81. The van der Waals surface area contributed by atoms with Crippen LogP contribution in [0.15, 0.2) is 60.7 Å². The Hall–Kier alpha value is -3.67. The molecule has 3 rings (SSSR count). The van der Waals surface area contributed by atoms with Crippen LogP contribution in [-0.4, -0.2) is 34.2 Å². The fraction of sp³-hybridized carbons (Fsp3) is 0.240. The molecule has 31 heavy (non-hydrogen) atoms. The zero-order valence-electron chi connectivity index (χ0n) is 18.1. The standard InChI is InChI=1S/C25H26O6/c1-27-22-15-19(10-11-21(22)31-16-17-8-6-5-7-9-17)20(26)12-18-13-23(28-2)25(30-4)24(14-18)29-3/h5-11,13-15H,12,16H2,1-4H3. The van der Waals surface area contributed by atoms with Crippen LogP contribution in [0.1, 0.15) is 21.5 Å². The van der Waals surface area contributed by atoms with Gasteiger partial charge in [0, 0.05) is 12.0 Å². The van der Waals surface area contributed by atoms with E-state index in [1.54, 1.807) is 58.8 Å². The molecule has 0 aliphatic rings. The lowest BCUT2D eigenvalue weighted by molar-refractivity contribution is 0.0992. The van der Waals surface area contributed by atoms with Crippen LogP contribution in [-0.2, 0) is 13.0 Å². The molecular weight excluding hydrogens is 396 g/mol. The highest BCUT2D eigenvalue weighted by atomic mass is 16.5. The molecule has 3 aromatic rings. The Morgan fingerprint density at radius 3 is 1.90 bits per heavy atom. The number of Topliss-reactive ketones (excluding diaryl/α,β-unsaturated/α-hetero) is 1. The summed E-state index contributed by atoms with van der Waals surface area (Å²) >= 11 is 0. The Balaban J connectivity index is 1.77. The molecule has 0 aromatic heterocycles. The number of benzene rings is 3. The lowest BCUT2D eigenvalue weighted by atomic mass is 10.0. The fourth-order valence-electron chi connectivity index (χ4n) is 3.22. The van der Waals surface area contributed by atoms with Crippen molar-refractivity contribution < 1.29 is 28.5 Å². The highest BCUT2D eigenvalue weighted by Gasteiger charge is 2.17. The van der Waals surface area contributed by atoms with Crippen molar-refractivity contribution in [2.45, 2.75) is 13.0 Å². The van der Waals surface area contributed by atoms with Gasteiger partial charge < -0.3 is 23.7 Å². The summed E-state index contributed by atoms with van der Waals surface area (Å²) < 4.78 is 27.4. The van der Waals surface area contributed by atoms with Crippen molar-refractivity contribution in [3.63, 3.8) is 0 Å². The second-order valence-electron chi connectivity index (χ2n) is 6.77. The molecule has 0 N–H and O–H groups in total. The van der Waals surface area contributed by atoms with Gasteiger partial charge in [-0.25, -0.2) is 0 Å². The Labute approximate surface area is 182 Å². The summed E-state index contributed by atoms with van der Waals surface area (Å²) in [6, 6.07) is 18.6. The van der Waals surface area contributed by atoms with Gasteiger partial charge in [-0.3, -0.25) is 4.79 Å². The second kappa shape index (κ2) is 10.4. The van der Waals surface area contributed by atoms with E-state index in [4.69, 9.17) is 23.7 Å². The van der Waals surface area contributed by atoms with E-state index in [-0.39, 0.29) is 12.2 Å². The highest BCUT2D eigenvalue weighted by Crippen LogP contribution is 2.38. The molecule has 0 bridgehead atoms. The maximum atomic E-state index is 12.9. The molecule has 0 heterocycles. The summed E-state index contributed by atoms with van der Waals surface area (Å²) in [6.45, 7) is 0.413. The fourth-order valence-corrected chi connectivity index (χ4v) is 3.22. The Kier molecular flexibility index (Phi) is 7.38. The van der Waals surface area contributed by atoms with Crippen molar-refractivity contribution in [3.05, 3.63) is 77.4 Å². The number of rotatable bonds is 10. The normalized spacial score (nSPS) is 10.3. The first kappa shape index (κ1) is 22.0. The van der Waals surface area contributed by atoms with Crippen LogP contribution in [0.3, 0.4) is 0 Å². The maximum Gasteiger partial charge on any atom is 0.203 e. The first-order valence-corrected chi connectivity index (χ1v) is 9.76. The van der Waals surface area contributed by atoms with Gasteiger partial charge in [-0.15, -0.1) is 0 Å². The van der Waals surface area contributed by atoms with Gasteiger partial charge in [-0.2, -0.15) is 0 Å². The third-order valence-electron chi connectivity index (χ3n) is 4.81. The Morgan fingerprint density at radius 2 is 1.32 bits per heavy atom.